The number of hydrogen-bond acceptors (Lipinski definition) is 10. The SMILES string of the molecule is CCC(C)(C)C(=O)OC(C)(C)c1ccc2ccccc2c1.CCC(C)(C)C(=O)OC(C)(C)c1cccc2ccccc12.CCC(C)(C)C(=O)OC(C)(CC)c1ccc2ccccc2c1.CCC(C)(C)C(=O)OC(C)(CC)c1cccc2ccccc12.CCC(C)(C)C(=O)OC1(c2ccccc2)C2CC3CC(C2)CC1C3. The molecule has 0 amide bonds. The Labute approximate surface area is 659 Å². The van der Waals surface area contributed by atoms with Gasteiger partial charge in [-0.3, -0.25) is 24.0 Å². The van der Waals surface area contributed by atoms with E-state index in [-0.39, 0.29) is 35.4 Å². The molecule has 9 aromatic carbocycles. The maximum Gasteiger partial charge on any atom is 0.312 e. The minimum atomic E-state index is -0.648. The monoisotopic (exact) mass is 1490 g/mol. The minimum absolute atomic E-state index is 0.0127. The molecule has 10 heteroatoms. The first-order valence-electron chi connectivity index (χ1n) is 40.8. The molecule has 4 saturated carbocycles. The molecule has 2 unspecified atom stereocenters. The average Bonchev–Trinajstić information content (AvgIpc) is 0.710. The number of rotatable bonds is 22. The van der Waals surface area contributed by atoms with Gasteiger partial charge in [0, 0.05) is 23.0 Å². The van der Waals surface area contributed by atoms with Crippen LogP contribution < -0.4 is 0 Å². The van der Waals surface area contributed by atoms with E-state index in [2.05, 4.69) is 148 Å². The zero-order chi connectivity index (χ0) is 81.1. The second kappa shape index (κ2) is 35.4. The molecule has 0 aliphatic heterocycles. The molecule has 13 rings (SSSR count). The van der Waals surface area contributed by atoms with Crippen molar-refractivity contribution in [2.45, 2.75) is 264 Å². The molecule has 0 spiro atoms. The van der Waals surface area contributed by atoms with Crippen LogP contribution in [0, 0.1) is 50.7 Å². The Bertz CT molecular complexity index is 4570. The molecule has 0 heterocycles. The smallest absolute Gasteiger partial charge is 0.312 e. The molecule has 0 radical (unpaired) electrons. The van der Waals surface area contributed by atoms with Crippen LogP contribution in [0.4, 0.5) is 0 Å². The standard InChI is InChI=1S/C22H30O2.2C20H26O2.2C19H24O2/c1-4-21(2,3)20(23)24-22(17-8-6-5-7-9-17)18-11-15-10-16(13-18)14-19(22)12-15;1-6-19(3,4)18(21)22-20(5,7-2)17-14-10-12-15-11-8-9-13-16(15)17;1-6-19(3,4)18(21)22-20(5,7-2)17-13-12-15-10-8-9-11-16(15)14-17;1-6-18(2,3)17(20)21-19(4,5)16-13-9-11-14-10-7-8-12-15(14)16;1-6-18(2,3)17(20)21-19(4,5)16-12-11-14-9-7-8-10-15(14)13-16/h5-9,15-16,18-19H,4,10-14H2,1-3H3;2*8-14H,6-7H2,1-5H3;2*7-13H,6H2,1-5H3. The first-order chi connectivity index (χ1) is 51.6. The highest BCUT2D eigenvalue weighted by molar-refractivity contribution is 5.89. The topological polar surface area (TPSA) is 132 Å². The van der Waals surface area contributed by atoms with Gasteiger partial charge in [0.1, 0.15) is 28.0 Å². The Morgan fingerprint density at radius 1 is 0.300 bits per heavy atom. The minimum Gasteiger partial charge on any atom is -0.454 e. The van der Waals surface area contributed by atoms with Gasteiger partial charge in [0.25, 0.3) is 0 Å². The quantitative estimate of drug-likeness (QED) is 0.0477. The van der Waals surface area contributed by atoms with Gasteiger partial charge in [0.05, 0.1) is 27.1 Å². The molecule has 4 fully saturated rings. The molecule has 4 aliphatic carbocycles. The molecule has 0 aromatic heterocycles. The average molecular weight is 1490 g/mol. The highest BCUT2D eigenvalue weighted by Gasteiger charge is 2.61. The van der Waals surface area contributed by atoms with Crippen molar-refractivity contribution in [2.24, 2.45) is 50.7 Å². The first kappa shape index (κ1) is 87.0. The number of ether oxygens (including phenoxy) is 5. The van der Waals surface area contributed by atoms with E-state index < -0.39 is 49.5 Å². The van der Waals surface area contributed by atoms with Crippen LogP contribution in [0.2, 0.25) is 0 Å². The van der Waals surface area contributed by atoms with Crippen LogP contribution in [0.5, 0.6) is 0 Å². The Morgan fingerprint density at radius 3 is 1.05 bits per heavy atom. The van der Waals surface area contributed by atoms with Gasteiger partial charge in [0.15, 0.2) is 0 Å². The molecule has 4 bridgehead atoms. The number of fused-ring (bicyclic) bond motifs is 4. The van der Waals surface area contributed by atoms with Crippen LogP contribution in [0.1, 0.15) is 264 Å². The summed E-state index contributed by atoms with van der Waals surface area (Å²) in [5.41, 5.74) is 0.345. The summed E-state index contributed by atoms with van der Waals surface area (Å²) < 4.78 is 30.1. The number of carbonyl (C=O) groups is 5. The molecule has 2 atom stereocenters. The highest BCUT2D eigenvalue weighted by Crippen LogP contribution is 2.64. The molecule has 0 N–H and O–H groups in total. The lowest BCUT2D eigenvalue weighted by Crippen LogP contribution is -2.58. The summed E-state index contributed by atoms with van der Waals surface area (Å²) in [6.07, 6.45) is 11.7. The summed E-state index contributed by atoms with van der Waals surface area (Å²) in [6.45, 7) is 45.5. The summed E-state index contributed by atoms with van der Waals surface area (Å²) in [5.74, 6) is 2.16. The molecular weight excluding hydrogens is 1360 g/mol. The van der Waals surface area contributed by atoms with Gasteiger partial charge in [-0.1, -0.05) is 237 Å². The fourth-order valence-corrected chi connectivity index (χ4v) is 15.0. The van der Waals surface area contributed by atoms with E-state index in [1.54, 1.807) is 0 Å². The maximum atomic E-state index is 13.0. The Morgan fingerprint density at radius 2 is 0.627 bits per heavy atom. The van der Waals surface area contributed by atoms with Crippen LogP contribution >= 0.6 is 0 Å². The van der Waals surface area contributed by atoms with Crippen molar-refractivity contribution >= 4 is 72.9 Å². The van der Waals surface area contributed by atoms with Gasteiger partial charge in [-0.2, -0.15) is 0 Å². The van der Waals surface area contributed by atoms with Gasteiger partial charge in [-0.05, 0) is 272 Å². The van der Waals surface area contributed by atoms with Crippen LogP contribution in [0.3, 0.4) is 0 Å². The highest BCUT2D eigenvalue weighted by atomic mass is 16.6. The van der Waals surface area contributed by atoms with E-state index in [9.17, 15) is 24.0 Å². The Kier molecular flexibility index (Phi) is 28.0. The van der Waals surface area contributed by atoms with Gasteiger partial charge >= 0.3 is 29.8 Å². The number of benzene rings is 9. The Hall–Kier alpha value is -8.63. The maximum absolute atomic E-state index is 13.0. The van der Waals surface area contributed by atoms with Crippen molar-refractivity contribution < 1.29 is 47.7 Å². The van der Waals surface area contributed by atoms with Crippen molar-refractivity contribution in [3.05, 3.63) is 228 Å². The van der Waals surface area contributed by atoms with Crippen LogP contribution in [-0.4, -0.2) is 29.8 Å². The fourth-order valence-electron chi connectivity index (χ4n) is 15.0. The molecule has 10 nitrogen and oxygen atoms in total. The largest absolute Gasteiger partial charge is 0.454 e. The summed E-state index contributed by atoms with van der Waals surface area (Å²) >= 11 is 0. The second-order valence-electron chi connectivity index (χ2n) is 36.0. The summed E-state index contributed by atoms with van der Waals surface area (Å²) in [7, 11) is 0. The number of esters is 5. The zero-order valence-electron chi connectivity index (χ0n) is 70.9. The van der Waals surface area contributed by atoms with E-state index in [0.717, 1.165) is 101 Å². The molecule has 4 aliphatic rings. The van der Waals surface area contributed by atoms with Gasteiger partial charge in [-0.25, -0.2) is 0 Å². The zero-order valence-corrected chi connectivity index (χ0v) is 70.9. The van der Waals surface area contributed by atoms with Gasteiger partial charge in [-0.15, -0.1) is 0 Å². The molecule has 9 aromatic rings. The molecule has 110 heavy (non-hydrogen) atoms. The third-order valence-electron chi connectivity index (χ3n) is 25.3. The lowest BCUT2D eigenvalue weighted by Gasteiger charge is -2.60. The van der Waals surface area contributed by atoms with Gasteiger partial charge < -0.3 is 23.7 Å². The lowest BCUT2D eigenvalue weighted by atomic mass is 9.48. The van der Waals surface area contributed by atoms with E-state index in [4.69, 9.17) is 23.7 Å². The number of carbonyl (C=O) groups excluding carboxylic acids is 5. The van der Waals surface area contributed by atoms with E-state index >= 15 is 0 Å². The molecule has 0 saturated heterocycles. The molecular formula is C100H130O10. The van der Waals surface area contributed by atoms with E-state index in [0.29, 0.717) is 11.8 Å². The normalized spacial score (nSPS) is 18.8. The van der Waals surface area contributed by atoms with Gasteiger partial charge in [0.2, 0.25) is 0 Å². The van der Waals surface area contributed by atoms with Crippen molar-refractivity contribution in [3.63, 3.8) is 0 Å². The summed E-state index contributed by atoms with van der Waals surface area (Å²) in [5, 5.41) is 9.34. The Balaban J connectivity index is 0.000000173. The van der Waals surface area contributed by atoms with Crippen LogP contribution in [0.15, 0.2) is 200 Å². The van der Waals surface area contributed by atoms with Crippen molar-refractivity contribution in [2.75, 3.05) is 0 Å². The van der Waals surface area contributed by atoms with Crippen molar-refractivity contribution in [1.82, 2.24) is 0 Å². The second-order valence-corrected chi connectivity index (χ2v) is 36.0. The van der Waals surface area contributed by atoms with Crippen molar-refractivity contribution in [3.8, 4) is 0 Å². The predicted molar refractivity (Wildman–Crippen MR) is 453 cm³/mol. The van der Waals surface area contributed by atoms with Crippen LogP contribution in [-0.2, 0) is 75.7 Å². The fraction of sp³-hybridized carbons (Fsp3) is 0.490. The van der Waals surface area contributed by atoms with E-state index in [1.165, 1.54) is 59.2 Å². The number of hydrogen-bond donors (Lipinski definition) is 0. The van der Waals surface area contributed by atoms with Crippen LogP contribution in [0.25, 0.3) is 43.1 Å². The third-order valence-corrected chi connectivity index (χ3v) is 25.3. The van der Waals surface area contributed by atoms with E-state index in [1.807, 2.05) is 211 Å². The predicted octanol–water partition coefficient (Wildman–Crippen LogP) is 26.3. The summed E-state index contributed by atoms with van der Waals surface area (Å²) in [6, 6.07) is 68.3. The first-order valence-corrected chi connectivity index (χ1v) is 40.8. The lowest BCUT2D eigenvalue weighted by molar-refractivity contribution is -0.222. The molecule has 590 valence electrons. The summed E-state index contributed by atoms with van der Waals surface area (Å²) in [4.78, 5) is 62.8. The van der Waals surface area contributed by atoms with Crippen molar-refractivity contribution in [1.29, 1.82) is 0 Å². The third kappa shape index (κ3) is 20.0.